The maximum Gasteiger partial charge on any atom is 0.295 e. The van der Waals surface area contributed by atoms with Crippen LogP contribution in [0.5, 0.6) is 0 Å². The third kappa shape index (κ3) is 5.54. The van der Waals surface area contributed by atoms with Crippen molar-refractivity contribution in [2.75, 3.05) is 5.75 Å². The zero-order valence-corrected chi connectivity index (χ0v) is 15.4. The summed E-state index contributed by atoms with van der Waals surface area (Å²) < 4.78 is 42.3. The van der Waals surface area contributed by atoms with E-state index in [9.17, 15) is 23.2 Å². The molecule has 0 aliphatic carbocycles. The summed E-state index contributed by atoms with van der Waals surface area (Å²) in [6, 6.07) is 3.96. The number of aromatic nitrogens is 2. The van der Waals surface area contributed by atoms with Crippen LogP contribution in [0.4, 0.5) is 18.9 Å². The summed E-state index contributed by atoms with van der Waals surface area (Å²) in [4.78, 5) is 15.0. The number of aliphatic imine (C=N–C) groups is 1. The SMILES string of the molecule is O=C(CCCSc1nonc1C(=Nc1ccc(F)c(Br)c1)NO)C(F)F. The van der Waals surface area contributed by atoms with Crippen LogP contribution in [0, 0.1) is 5.82 Å². The van der Waals surface area contributed by atoms with Gasteiger partial charge in [0.05, 0.1) is 10.2 Å². The standard InChI is InChI=1S/C14H12BrF3N4O3S/c15-8-6-7(3-4-9(8)16)19-13(20-24)11-14(22-25-21-11)26-5-1-2-10(23)12(17)18/h3-4,6,12,24H,1-2,5H2,(H,19,20). The Balaban J connectivity index is 2.07. The van der Waals surface area contributed by atoms with Gasteiger partial charge in [0.15, 0.2) is 22.3 Å². The first-order valence-electron chi connectivity index (χ1n) is 7.12. The van der Waals surface area contributed by atoms with E-state index in [2.05, 4.69) is 35.9 Å². The number of halogens is 4. The molecule has 0 unspecified atom stereocenters. The van der Waals surface area contributed by atoms with Gasteiger partial charge in [-0.3, -0.25) is 15.5 Å². The molecule has 0 aliphatic rings. The molecule has 0 atom stereocenters. The van der Waals surface area contributed by atoms with Gasteiger partial charge < -0.3 is 0 Å². The summed E-state index contributed by atoms with van der Waals surface area (Å²) in [5, 5.41) is 16.8. The van der Waals surface area contributed by atoms with E-state index in [4.69, 9.17) is 0 Å². The number of nitrogens with one attached hydrogen (secondary N) is 1. The lowest BCUT2D eigenvalue weighted by Gasteiger charge is -2.04. The minimum atomic E-state index is -2.98. The number of hydrogen-bond donors (Lipinski definition) is 2. The third-order valence-electron chi connectivity index (χ3n) is 2.98. The van der Waals surface area contributed by atoms with Crippen molar-refractivity contribution in [3.05, 3.63) is 34.2 Å². The highest BCUT2D eigenvalue weighted by Gasteiger charge is 2.18. The minimum absolute atomic E-state index is 0.0816. The van der Waals surface area contributed by atoms with Crippen molar-refractivity contribution in [2.24, 2.45) is 4.99 Å². The van der Waals surface area contributed by atoms with E-state index in [1.165, 1.54) is 18.2 Å². The minimum Gasteiger partial charge on any atom is -0.293 e. The van der Waals surface area contributed by atoms with Crippen LogP contribution in [0.1, 0.15) is 18.5 Å². The van der Waals surface area contributed by atoms with E-state index in [0.717, 1.165) is 11.8 Å². The fourth-order valence-corrected chi connectivity index (χ4v) is 2.96. The van der Waals surface area contributed by atoms with Gasteiger partial charge in [0.2, 0.25) is 0 Å². The molecule has 140 valence electrons. The molecule has 0 amide bonds. The number of carbonyl (C=O) groups is 1. The van der Waals surface area contributed by atoms with Crippen LogP contribution in [0.15, 0.2) is 37.3 Å². The van der Waals surface area contributed by atoms with Gasteiger partial charge in [-0.05, 0) is 50.9 Å². The normalized spacial score (nSPS) is 11.8. The van der Waals surface area contributed by atoms with Crippen LogP contribution in [0.2, 0.25) is 0 Å². The Labute approximate surface area is 158 Å². The van der Waals surface area contributed by atoms with Crippen LogP contribution in [0.25, 0.3) is 0 Å². The fraction of sp³-hybridized carbons (Fsp3) is 0.286. The quantitative estimate of drug-likeness (QED) is 0.207. The van der Waals surface area contributed by atoms with E-state index >= 15 is 0 Å². The molecule has 26 heavy (non-hydrogen) atoms. The Morgan fingerprint density at radius 3 is 2.85 bits per heavy atom. The highest BCUT2D eigenvalue weighted by molar-refractivity contribution is 9.10. The average molecular weight is 453 g/mol. The molecule has 0 radical (unpaired) electrons. The number of hydrogen-bond acceptors (Lipinski definition) is 7. The maximum absolute atomic E-state index is 13.3. The van der Waals surface area contributed by atoms with Gasteiger partial charge in [0.25, 0.3) is 6.43 Å². The number of alkyl halides is 2. The summed E-state index contributed by atoms with van der Waals surface area (Å²) in [5.74, 6) is -1.39. The highest BCUT2D eigenvalue weighted by Crippen LogP contribution is 2.25. The predicted octanol–water partition coefficient (Wildman–Crippen LogP) is 3.73. The Morgan fingerprint density at radius 1 is 1.42 bits per heavy atom. The molecule has 1 aromatic heterocycles. The first kappa shape index (κ1) is 20.4. The molecule has 2 aromatic rings. The number of nitrogens with zero attached hydrogens (tertiary/aromatic N) is 3. The zero-order valence-electron chi connectivity index (χ0n) is 13.0. The first-order chi connectivity index (χ1) is 12.4. The fourth-order valence-electron chi connectivity index (χ4n) is 1.76. The molecule has 0 bridgehead atoms. The third-order valence-corrected chi connectivity index (χ3v) is 4.62. The molecule has 0 aliphatic heterocycles. The van der Waals surface area contributed by atoms with Gasteiger partial charge in [-0.2, -0.15) is 0 Å². The second kappa shape index (κ2) is 9.69. The van der Waals surface area contributed by atoms with Gasteiger partial charge in [0.1, 0.15) is 5.82 Å². The summed E-state index contributed by atoms with van der Waals surface area (Å²) in [6.07, 6.45) is -3.02. The molecule has 0 saturated heterocycles. The smallest absolute Gasteiger partial charge is 0.293 e. The first-order valence-corrected chi connectivity index (χ1v) is 8.90. The zero-order chi connectivity index (χ0) is 19.1. The number of carbonyl (C=O) groups excluding carboxylic acids is 1. The molecule has 7 nitrogen and oxygen atoms in total. The lowest BCUT2D eigenvalue weighted by molar-refractivity contribution is -0.129. The van der Waals surface area contributed by atoms with Crippen LogP contribution in [-0.4, -0.2) is 39.3 Å². The van der Waals surface area contributed by atoms with Crippen molar-refractivity contribution in [3.8, 4) is 0 Å². The maximum atomic E-state index is 13.3. The van der Waals surface area contributed by atoms with E-state index < -0.39 is 18.0 Å². The van der Waals surface area contributed by atoms with Crippen LogP contribution in [-0.2, 0) is 4.79 Å². The average Bonchev–Trinajstić information content (AvgIpc) is 3.07. The molecule has 1 heterocycles. The summed E-state index contributed by atoms with van der Waals surface area (Å²) in [6.45, 7) is 0. The van der Waals surface area contributed by atoms with Crippen molar-refractivity contribution in [1.29, 1.82) is 0 Å². The Bertz CT molecular complexity index is 803. The summed E-state index contributed by atoms with van der Waals surface area (Å²) >= 11 is 4.13. The van der Waals surface area contributed by atoms with Gasteiger partial charge in [-0.1, -0.05) is 0 Å². The Kier molecular flexibility index (Phi) is 7.60. The van der Waals surface area contributed by atoms with Gasteiger partial charge in [0, 0.05) is 12.2 Å². The predicted molar refractivity (Wildman–Crippen MR) is 90.5 cm³/mol. The van der Waals surface area contributed by atoms with Gasteiger partial charge in [-0.15, -0.1) is 11.8 Å². The van der Waals surface area contributed by atoms with Crippen LogP contribution < -0.4 is 5.48 Å². The van der Waals surface area contributed by atoms with Crippen molar-refractivity contribution in [1.82, 2.24) is 15.8 Å². The van der Waals surface area contributed by atoms with Crippen LogP contribution >= 0.6 is 27.7 Å². The van der Waals surface area contributed by atoms with E-state index in [-0.39, 0.29) is 33.9 Å². The molecule has 12 heteroatoms. The number of amidine groups is 1. The van der Waals surface area contributed by atoms with E-state index in [1.54, 1.807) is 0 Å². The summed E-state index contributed by atoms with van der Waals surface area (Å²) in [7, 11) is 0. The van der Waals surface area contributed by atoms with Crippen LogP contribution in [0.3, 0.4) is 0 Å². The number of benzene rings is 1. The molecule has 2 N–H and O–H groups in total. The molecule has 0 saturated carbocycles. The van der Waals surface area contributed by atoms with Gasteiger partial charge in [-0.25, -0.2) is 22.8 Å². The molecule has 0 fully saturated rings. The lowest BCUT2D eigenvalue weighted by Crippen LogP contribution is -2.21. The number of hydroxylamine groups is 1. The lowest BCUT2D eigenvalue weighted by atomic mass is 10.2. The second-order valence-electron chi connectivity index (χ2n) is 4.81. The largest absolute Gasteiger partial charge is 0.295 e. The summed E-state index contributed by atoms with van der Waals surface area (Å²) in [5.41, 5.74) is 2.26. The number of thioether (sulfide) groups is 1. The second-order valence-corrected chi connectivity index (χ2v) is 6.75. The highest BCUT2D eigenvalue weighted by atomic mass is 79.9. The molecule has 2 rings (SSSR count). The van der Waals surface area contributed by atoms with Crippen molar-refractivity contribution >= 4 is 45.0 Å². The number of ketones is 1. The van der Waals surface area contributed by atoms with E-state index in [0.29, 0.717) is 11.4 Å². The van der Waals surface area contributed by atoms with Gasteiger partial charge >= 0.3 is 0 Å². The molecular weight excluding hydrogens is 441 g/mol. The topological polar surface area (TPSA) is 101 Å². The molecular formula is C14H12BrF3N4O3S. The van der Waals surface area contributed by atoms with Crippen molar-refractivity contribution in [2.45, 2.75) is 24.3 Å². The van der Waals surface area contributed by atoms with E-state index in [1.807, 2.05) is 5.48 Å². The Hall–Kier alpha value is -1.92. The monoisotopic (exact) mass is 452 g/mol. The molecule has 1 aromatic carbocycles. The number of Topliss-reactive ketones (excluding diaryl/α,β-unsaturated/α-hetero) is 1. The van der Waals surface area contributed by atoms with Crippen molar-refractivity contribution in [3.63, 3.8) is 0 Å². The molecule has 0 spiro atoms. The Morgan fingerprint density at radius 2 is 2.19 bits per heavy atom. The number of rotatable bonds is 8. The van der Waals surface area contributed by atoms with Crippen molar-refractivity contribution < 1.29 is 27.8 Å².